The first-order valence-electron chi connectivity index (χ1n) is 11.3. The predicted molar refractivity (Wildman–Crippen MR) is 129 cm³/mol. The molecule has 2 heterocycles. The van der Waals surface area contributed by atoms with E-state index in [1.807, 2.05) is 55.6 Å². The molecule has 1 saturated heterocycles. The van der Waals surface area contributed by atoms with Crippen LogP contribution in [0.3, 0.4) is 0 Å². The van der Waals surface area contributed by atoms with Crippen LogP contribution in [0, 0.1) is 11.8 Å². The third kappa shape index (κ3) is 4.16. The van der Waals surface area contributed by atoms with Crippen LogP contribution >= 0.6 is 23.2 Å². The lowest BCUT2D eigenvalue weighted by Crippen LogP contribution is -2.48. The Hall–Kier alpha value is -2.36. The van der Waals surface area contributed by atoms with Gasteiger partial charge in [-0.1, -0.05) is 60.5 Å². The van der Waals surface area contributed by atoms with Gasteiger partial charge in [-0.3, -0.25) is 9.78 Å². The molecule has 5 rings (SSSR count). The van der Waals surface area contributed by atoms with E-state index in [4.69, 9.17) is 28.2 Å². The Morgan fingerprint density at radius 1 is 0.938 bits per heavy atom. The minimum atomic E-state index is -0.109. The molecule has 3 nitrogen and oxygen atoms in total. The highest BCUT2D eigenvalue weighted by Crippen LogP contribution is 2.53. The van der Waals surface area contributed by atoms with E-state index >= 15 is 0 Å². The molecule has 0 bridgehead atoms. The lowest BCUT2D eigenvalue weighted by Gasteiger charge is -2.48. The summed E-state index contributed by atoms with van der Waals surface area (Å²) in [4.78, 5) is 20.6. The second kappa shape index (κ2) is 8.88. The molecule has 1 aliphatic carbocycles. The van der Waals surface area contributed by atoms with Crippen LogP contribution in [-0.2, 0) is 4.79 Å². The van der Waals surface area contributed by atoms with E-state index in [1.54, 1.807) is 0 Å². The molecule has 2 aromatic carbocycles. The number of piperidine rings is 1. The summed E-state index contributed by atoms with van der Waals surface area (Å²) in [6, 6.07) is 21.9. The maximum absolute atomic E-state index is 13.8. The van der Waals surface area contributed by atoms with Gasteiger partial charge in [0.25, 0.3) is 0 Å². The smallest absolute Gasteiger partial charge is 0.226 e. The second-order valence-electron chi connectivity index (χ2n) is 9.08. The van der Waals surface area contributed by atoms with Gasteiger partial charge in [-0.15, -0.1) is 0 Å². The van der Waals surface area contributed by atoms with Crippen molar-refractivity contribution in [3.63, 3.8) is 0 Å². The monoisotopic (exact) mass is 464 g/mol. The van der Waals surface area contributed by atoms with Crippen molar-refractivity contribution in [2.45, 2.75) is 44.2 Å². The first kappa shape index (κ1) is 21.5. The Bertz CT molecular complexity index is 1100. The zero-order valence-electron chi connectivity index (χ0n) is 18.0. The van der Waals surface area contributed by atoms with Gasteiger partial charge < -0.3 is 4.90 Å². The van der Waals surface area contributed by atoms with Crippen LogP contribution in [0.2, 0.25) is 10.0 Å². The molecule has 4 atom stereocenters. The first-order valence-corrected chi connectivity index (χ1v) is 12.0. The van der Waals surface area contributed by atoms with Gasteiger partial charge in [0.15, 0.2) is 0 Å². The number of amides is 1. The fourth-order valence-corrected chi connectivity index (χ4v) is 5.51. The quantitative estimate of drug-likeness (QED) is 0.398. The molecule has 5 heteroatoms. The largest absolute Gasteiger partial charge is 0.326 e. The highest BCUT2D eigenvalue weighted by Gasteiger charge is 2.49. The summed E-state index contributed by atoms with van der Waals surface area (Å²) in [7, 11) is 0. The average molecular weight is 465 g/mol. The van der Waals surface area contributed by atoms with Crippen LogP contribution in [-0.4, -0.2) is 15.8 Å². The zero-order valence-corrected chi connectivity index (χ0v) is 19.5. The number of halogens is 2. The van der Waals surface area contributed by atoms with Gasteiger partial charge in [-0.2, -0.15) is 0 Å². The standard InChI is InChI=1S/C27H26Cl2N2O/c1-17-15-23(20-5-4-6-22(29)16-20)25(18-10-12-21(28)13-11-18)31(27(17)32)26(19-8-9-19)24-7-2-3-14-30-24/h2-7,10-14,16-17,19,23,25-26H,8-9,15H2,1H3/t17-,23+,25+,26-/m0/s1. The molecule has 32 heavy (non-hydrogen) atoms. The van der Waals surface area contributed by atoms with Crippen molar-refractivity contribution >= 4 is 29.1 Å². The molecule has 1 saturated carbocycles. The van der Waals surface area contributed by atoms with Crippen molar-refractivity contribution in [1.29, 1.82) is 0 Å². The van der Waals surface area contributed by atoms with Crippen molar-refractivity contribution in [2.24, 2.45) is 11.8 Å². The summed E-state index contributed by atoms with van der Waals surface area (Å²) < 4.78 is 0. The lowest BCUT2D eigenvalue weighted by molar-refractivity contribution is -0.147. The number of pyridine rings is 1. The Balaban J connectivity index is 1.67. The van der Waals surface area contributed by atoms with Crippen LogP contribution in [0.1, 0.15) is 61.0 Å². The van der Waals surface area contributed by atoms with E-state index < -0.39 is 0 Å². The second-order valence-corrected chi connectivity index (χ2v) is 9.95. The van der Waals surface area contributed by atoms with Gasteiger partial charge >= 0.3 is 0 Å². The summed E-state index contributed by atoms with van der Waals surface area (Å²) in [6.45, 7) is 2.05. The normalized spacial score (nSPS) is 24.4. The third-order valence-corrected chi connectivity index (χ3v) is 7.30. The summed E-state index contributed by atoms with van der Waals surface area (Å²) in [5.74, 6) is 0.694. The molecule has 164 valence electrons. The number of likely N-dealkylation sites (tertiary alicyclic amines) is 1. The molecule has 0 radical (unpaired) electrons. The first-order chi connectivity index (χ1) is 15.5. The number of aromatic nitrogens is 1. The van der Waals surface area contributed by atoms with E-state index in [-0.39, 0.29) is 29.8 Å². The predicted octanol–water partition coefficient (Wildman–Crippen LogP) is 7.23. The molecule has 2 fully saturated rings. The Kier molecular flexibility index (Phi) is 5.96. The molecule has 0 N–H and O–H groups in total. The maximum Gasteiger partial charge on any atom is 0.226 e. The van der Waals surface area contributed by atoms with E-state index in [1.165, 1.54) is 0 Å². The Morgan fingerprint density at radius 3 is 2.38 bits per heavy atom. The van der Waals surface area contributed by atoms with Gasteiger partial charge in [0, 0.05) is 28.1 Å². The average Bonchev–Trinajstić information content (AvgIpc) is 3.63. The Labute approximate surface area is 199 Å². The van der Waals surface area contributed by atoms with Gasteiger partial charge in [-0.05, 0) is 72.7 Å². The van der Waals surface area contributed by atoms with E-state index in [0.717, 1.165) is 41.1 Å². The summed E-state index contributed by atoms with van der Waals surface area (Å²) in [6.07, 6.45) is 4.85. The van der Waals surface area contributed by atoms with Crippen molar-refractivity contribution < 1.29 is 4.79 Å². The van der Waals surface area contributed by atoms with Crippen LogP contribution in [0.5, 0.6) is 0 Å². The number of hydrogen-bond acceptors (Lipinski definition) is 2. The highest BCUT2D eigenvalue weighted by molar-refractivity contribution is 6.30. The molecular formula is C27H26Cl2N2O. The van der Waals surface area contributed by atoms with Crippen molar-refractivity contribution in [1.82, 2.24) is 9.88 Å². The van der Waals surface area contributed by atoms with Crippen molar-refractivity contribution in [3.05, 3.63) is 99.8 Å². The molecule has 3 aromatic rings. The molecule has 1 aromatic heterocycles. The molecule has 2 aliphatic rings. The zero-order chi connectivity index (χ0) is 22.2. The maximum atomic E-state index is 13.8. The van der Waals surface area contributed by atoms with Crippen molar-refractivity contribution in [2.75, 3.05) is 0 Å². The molecular weight excluding hydrogens is 439 g/mol. The molecule has 0 unspecified atom stereocenters. The van der Waals surface area contributed by atoms with Crippen molar-refractivity contribution in [3.8, 4) is 0 Å². The molecule has 1 aliphatic heterocycles. The Morgan fingerprint density at radius 2 is 1.72 bits per heavy atom. The van der Waals surface area contributed by atoms with Crippen LogP contribution in [0.15, 0.2) is 72.9 Å². The summed E-state index contributed by atoms with van der Waals surface area (Å²) >= 11 is 12.6. The van der Waals surface area contributed by atoms with Gasteiger partial charge in [0.05, 0.1) is 17.8 Å². The minimum Gasteiger partial charge on any atom is -0.326 e. The SMILES string of the molecule is C[C@H]1C[C@H](c2cccc(Cl)c2)[C@@H](c2ccc(Cl)cc2)N([C@H](c2ccccn2)C2CC2)C1=O. The van der Waals surface area contributed by atoms with Gasteiger partial charge in [0.1, 0.15) is 0 Å². The summed E-state index contributed by atoms with van der Waals surface area (Å²) in [5, 5.41) is 1.41. The number of rotatable bonds is 5. The van der Waals surface area contributed by atoms with Gasteiger partial charge in [0.2, 0.25) is 5.91 Å². The lowest BCUT2D eigenvalue weighted by atomic mass is 9.75. The van der Waals surface area contributed by atoms with Gasteiger partial charge in [-0.25, -0.2) is 0 Å². The van der Waals surface area contributed by atoms with E-state index in [9.17, 15) is 4.79 Å². The third-order valence-electron chi connectivity index (χ3n) is 6.81. The number of nitrogens with zero attached hydrogens (tertiary/aromatic N) is 2. The molecule has 0 spiro atoms. The fraction of sp³-hybridized carbons (Fsp3) is 0.333. The van der Waals surface area contributed by atoms with Crippen LogP contribution in [0.25, 0.3) is 0 Å². The number of hydrogen-bond donors (Lipinski definition) is 0. The summed E-state index contributed by atoms with van der Waals surface area (Å²) in [5.41, 5.74) is 3.24. The fourth-order valence-electron chi connectivity index (χ4n) is 5.19. The number of benzene rings is 2. The van der Waals surface area contributed by atoms with E-state index in [0.29, 0.717) is 10.9 Å². The topological polar surface area (TPSA) is 33.2 Å². The minimum absolute atomic E-state index is 0.0335. The van der Waals surface area contributed by atoms with Crippen LogP contribution < -0.4 is 0 Å². The highest BCUT2D eigenvalue weighted by atomic mass is 35.5. The molecule has 1 amide bonds. The van der Waals surface area contributed by atoms with Crippen LogP contribution in [0.4, 0.5) is 0 Å². The van der Waals surface area contributed by atoms with E-state index in [2.05, 4.69) is 29.2 Å². The number of carbonyl (C=O) groups excluding carboxylic acids is 1. The number of carbonyl (C=O) groups is 1.